The van der Waals surface area contributed by atoms with E-state index in [1.807, 2.05) is 13.1 Å². The van der Waals surface area contributed by atoms with Gasteiger partial charge in [0, 0.05) is 56.0 Å². The van der Waals surface area contributed by atoms with Crippen molar-refractivity contribution in [2.24, 2.45) is 30.2 Å². The Kier molecular flexibility index (Phi) is 4.20. The molecule has 36 heavy (non-hydrogen) atoms. The Morgan fingerprint density at radius 2 is 2.00 bits per heavy atom. The SMILES string of the molecule is Cn1ccc(=O)cc1C(=O)N1C[C@H]2C[C@@]34CC[C@@H]1[C@@H]2[C@@]31CCN(CC2CC2)[C@@H]4Cc2ccc(O)cc21. The first-order chi connectivity index (χ1) is 17.4. The van der Waals surface area contributed by atoms with Crippen LogP contribution in [0.1, 0.15) is 60.1 Å². The number of hydrogen-bond donors (Lipinski definition) is 1. The minimum absolute atomic E-state index is 0.00756. The van der Waals surface area contributed by atoms with Gasteiger partial charge in [0.15, 0.2) is 5.43 Å². The van der Waals surface area contributed by atoms with Gasteiger partial charge in [0.05, 0.1) is 0 Å². The summed E-state index contributed by atoms with van der Waals surface area (Å²) in [5, 5.41) is 10.6. The molecule has 6 atom stereocenters. The Morgan fingerprint density at radius 1 is 1.14 bits per heavy atom. The van der Waals surface area contributed by atoms with Crippen molar-refractivity contribution in [3.05, 3.63) is 63.6 Å². The largest absolute Gasteiger partial charge is 0.508 e. The van der Waals surface area contributed by atoms with Crippen LogP contribution >= 0.6 is 0 Å². The third-order valence-electron chi connectivity index (χ3n) is 11.4. The fourth-order valence-corrected chi connectivity index (χ4v) is 10.1. The van der Waals surface area contributed by atoms with Crippen LogP contribution in [0.25, 0.3) is 0 Å². The van der Waals surface area contributed by atoms with Crippen LogP contribution in [-0.4, -0.2) is 57.1 Å². The summed E-state index contributed by atoms with van der Waals surface area (Å²) in [6.07, 6.45) is 10.1. The van der Waals surface area contributed by atoms with Crippen LogP contribution in [0, 0.1) is 23.2 Å². The minimum Gasteiger partial charge on any atom is -0.508 e. The number of aryl methyl sites for hydroxylation is 1. The number of piperidine rings is 1. The zero-order valence-electron chi connectivity index (χ0n) is 21.0. The summed E-state index contributed by atoms with van der Waals surface area (Å²) in [5.41, 5.74) is 3.49. The number of rotatable bonds is 3. The van der Waals surface area contributed by atoms with E-state index in [1.54, 1.807) is 10.8 Å². The zero-order chi connectivity index (χ0) is 24.4. The average Bonchev–Trinajstić information content (AvgIpc) is 3.55. The van der Waals surface area contributed by atoms with Gasteiger partial charge in [-0.05, 0) is 97.9 Å². The van der Waals surface area contributed by atoms with Gasteiger partial charge in [-0.25, -0.2) is 0 Å². The summed E-state index contributed by atoms with van der Waals surface area (Å²) in [7, 11) is 1.86. The van der Waals surface area contributed by atoms with Crippen molar-refractivity contribution in [2.45, 2.75) is 62.4 Å². The van der Waals surface area contributed by atoms with Crippen molar-refractivity contribution in [3.8, 4) is 5.75 Å². The summed E-state index contributed by atoms with van der Waals surface area (Å²) in [5.74, 6) is 2.19. The molecule has 4 bridgehead atoms. The minimum atomic E-state index is -0.111. The van der Waals surface area contributed by atoms with Crippen LogP contribution in [-0.2, 0) is 18.9 Å². The predicted octanol–water partition coefficient (Wildman–Crippen LogP) is 3.31. The van der Waals surface area contributed by atoms with E-state index < -0.39 is 0 Å². The highest BCUT2D eigenvalue weighted by Gasteiger charge is 2.76. The van der Waals surface area contributed by atoms with Gasteiger partial charge in [-0.3, -0.25) is 14.5 Å². The monoisotopic (exact) mass is 485 g/mol. The van der Waals surface area contributed by atoms with Gasteiger partial charge >= 0.3 is 0 Å². The van der Waals surface area contributed by atoms with Gasteiger partial charge in [-0.15, -0.1) is 0 Å². The Morgan fingerprint density at radius 3 is 2.83 bits per heavy atom. The van der Waals surface area contributed by atoms with E-state index in [-0.39, 0.29) is 28.2 Å². The van der Waals surface area contributed by atoms with E-state index in [4.69, 9.17) is 0 Å². The molecule has 2 aromatic rings. The summed E-state index contributed by atoms with van der Waals surface area (Å²) in [6.45, 7) is 3.18. The van der Waals surface area contributed by atoms with E-state index >= 15 is 0 Å². The molecule has 3 heterocycles. The van der Waals surface area contributed by atoms with E-state index in [2.05, 4.69) is 21.9 Å². The topological polar surface area (TPSA) is 65.8 Å². The van der Waals surface area contributed by atoms with Gasteiger partial charge in [-0.2, -0.15) is 0 Å². The third-order valence-corrected chi connectivity index (χ3v) is 11.4. The summed E-state index contributed by atoms with van der Waals surface area (Å²) < 4.78 is 1.80. The van der Waals surface area contributed by atoms with Crippen LogP contribution in [0.5, 0.6) is 5.75 Å². The smallest absolute Gasteiger partial charge is 0.270 e. The number of hydrogen-bond acceptors (Lipinski definition) is 4. The second-order valence-corrected chi connectivity index (χ2v) is 12.8. The van der Waals surface area contributed by atoms with Crippen LogP contribution in [0.15, 0.2) is 41.3 Å². The molecule has 188 valence electrons. The van der Waals surface area contributed by atoms with E-state index in [9.17, 15) is 14.7 Å². The van der Waals surface area contributed by atoms with E-state index in [0.29, 0.717) is 29.3 Å². The number of amides is 1. The number of phenolic OH excluding ortho intramolecular Hbond substituents is 1. The molecule has 0 unspecified atom stereocenters. The number of phenols is 1. The fourth-order valence-electron chi connectivity index (χ4n) is 10.1. The molecule has 3 saturated carbocycles. The molecular formula is C30H35N3O3. The number of carbonyl (C=O) groups is 1. The molecule has 1 N–H and O–H groups in total. The average molecular weight is 486 g/mol. The number of nitrogens with zero attached hydrogens (tertiary/aromatic N) is 3. The van der Waals surface area contributed by atoms with Crippen LogP contribution < -0.4 is 5.43 Å². The highest BCUT2D eigenvalue weighted by molar-refractivity contribution is 5.93. The van der Waals surface area contributed by atoms with E-state index in [1.165, 1.54) is 49.1 Å². The molecule has 5 fully saturated rings. The lowest BCUT2D eigenvalue weighted by Crippen LogP contribution is -2.70. The van der Waals surface area contributed by atoms with Crippen LogP contribution in [0.4, 0.5) is 0 Å². The molecule has 6 aliphatic rings. The number of fused-ring (bicyclic) bond motifs is 1. The van der Waals surface area contributed by atoms with Crippen molar-refractivity contribution >= 4 is 5.91 Å². The standard InChI is InChI=1S/C30H35N3O3/c1-31-10-7-22(35)14-25(31)28(36)33-17-20-15-29-8-6-24(33)27(20)30(29)9-11-32(16-18-2-3-18)26(29)12-19-4-5-21(34)13-23(19)30/h4-5,7,10,13-14,18,20,24,26-27,34H,2-3,6,8-9,11-12,15-17H2,1H3/t20-,24-,26-,27-,29-,30+/m1/s1. The number of benzene rings is 1. The third kappa shape index (κ3) is 2.56. The van der Waals surface area contributed by atoms with Crippen molar-refractivity contribution in [2.75, 3.05) is 19.6 Å². The molecule has 1 aromatic carbocycles. The van der Waals surface area contributed by atoms with Crippen LogP contribution in [0.2, 0.25) is 0 Å². The number of carbonyl (C=O) groups excluding carboxylic acids is 1. The summed E-state index contributed by atoms with van der Waals surface area (Å²) >= 11 is 0. The normalized spacial score (nSPS) is 38.1. The second-order valence-electron chi connectivity index (χ2n) is 12.8. The molecule has 4 aliphatic carbocycles. The van der Waals surface area contributed by atoms with Gasteiger partial charge in [-0.1, -0.05) is 6.07 Å². The molecule has 8 rings (SSSR count). The molecule has 1 amide bonds. The molecule has 1 aromatic heterocycles. The Bertz CT molecular complexity index is 1350. The van der Waals surface area contributed by atoms with Gasteiger partial charge < -0.3 is 14.6 Å². The van der Waals surface area contributed by atoms with Crippen LogP contribution in [0.3, 0.4) is 0 Å². The maximum atomic E-state index is 13.9. The number of aromatic nitrogens is 1. The molecule has 6 nitrogen and oxygen atoms in total. The summed E-state index contributed by atoms with van der Waals surface area (Å²) in [6, 6.07) is 9.96. The van der Waals surface area contributed by atoms with Gasteiger partial charge in [0.2, 0.25) is 0 Å². The quantitative estimate of drug-likeness (QED) is 0.725. The highest BCUT2D eigenvalue weighted by atomic mass is 16.3. The first-order valence-electron chi connectivity index (χ1n) is 14.0. The van der Waals surface area contributed by atoms with Gasteiger partial charge in [0.25, 0.3) is 5.91 Å². The highest BCUT2D eigenvalue weighted by Crippen LogP contribution is 2.75. The lowest BCUT2D eigenvalue weighted by molar-refractivity contribution is -0.102. The predicted molar refractivity (Wildman–Crippen MR) is 136 cm³/mol. The first-order valence-corrected chi connectivity index (χ1v) is 14.0. The van der Waals surface area contributed by atoms with Crippen molar-refractivity contribution in [1.82, 2.24) is 14.4 Å². The zero-order valence-corrected chi connectivity index (χ0v) is 21.0. The molecule has 0 radical (unpaired) electrons. The Balaban J connectivity index is 1.25. The lowest BCUT2D eigenvalue weighted by atomic mass is 9.43. The van der Waals surface area contributed by atoms with E-state index in [0.717, 1.165) is 44.7 Å². The molecule has 0 spiro atoms. The van der Waals surface area contributed by atoms with Crippen molar-refractivity contribution in [3.63, 3.8) is 0 Å². The first kappa shape index (κ1) is 21.5. The number of aromatic hydroxyl groups is 1. The molecule has 2 saturated heterocycles. The second kappa shape index (κ2) is 7.03. The lowest BCUT2D eigenvalue weighted by Gasteiger charge is -2.66. The van der Waals surface area contributed by atoms with Gasteiger partial charge in [0.1, 0.15) is 11.4 Å². The maximum absolute atomic E-state index is 13.9. The van der Waals surface area contributed by atoms with Crippen molar-refractivity contribution in [1.29, 1.82) is 0 Å². The number of pyridine rings is 1. The number of likely N-dealkylation sites (tertiary alicyclic amines) is 2. The fraction of sp³-hybridized carbons (Fsp3) is 0.600. The summed E-state index contributed by atoms with van der Waals surface area (Å²) in [4.78, 5) is 31.0. The Labute approximate surface area is 211 Å². The van der Waals surface area contributed by atoms with Crippen molar-refractivity contribution < 1.29 is 9.90 Å². The molecule has 6 heteroatoms. The molecular weight excluding hydrogens is 450 g/mol. The maximum Gasteiger partial charge on any atom is 0.270 e. The Hall–Kier alpha value is -2.60. The molecule has 2 aliphatic heterocycles.